The molecule has 166 valence electrons. The maximum absolute atomic E-state index is 12.6. The van der Waals surface area contributed by atoms with E-state index in [9.17, 15) is 13.2 Å². The summed E-state index contributed by atoms with van der Waals surface area (Å²) in [6, 6.07) is 5.59. The molecule has 0 saturated heterocycles. The van der Waals surface area contributed by atoms with Crippen molar-refractivity contribution in [2.75, 3.05) is 18.6 Å². The third-order valence-electron chi connectivity index (χ3n) is 5.17. The van der Waals surface area contributed by atoms with E-state index in [1.54, 1.807) is 6.07 Å². The molecule has 4 rings (SSSR count). The molecule has 0 aliphatic carbocycles. The van der Waals surface area contributed by atoms with Crippen LogP contribution in [0.4, 0.5) is 18.9 Å². The first kappa shape index (κ1) is 21.5. The van der Waals surface area contributed by atoms with E-state index in [1.165, 1.54) is 22.7 Å². The summed E-state index contributed by atoms with van der Waals surface area (Å²) in [5.41, 5.74) is 1.31. The topological polar surface area (TPSA) is 64.8 Å². The Labute approximate surface area is 181 Å². The number of halogens is 4. The molecule has 7 nitrogen and oxygen atoms in total. The first-order valence-electron chi connectivity index (χ1n) is 9.80. The number of ether oxygens (including phenoxy) is 2. The van der Waals surface area contributed by atoms with Crippen LogP contribution in [0.1, 0.15) is 26.7 Å². The highest BCUT2D eigenvalue weighted by molar-refractivity contribution is 6.32. The van der Waals surface area contributed by atoms with Gasteiger partial charge < -0.3 is 14.4 Å². The Kier molecular flexibility index (Phi) is 5.59. The fourth-order valence-electron chi connectivity index (χ4n) is 3.58. The summed E-state index contributed by atoms with van der Waals surface area (Å²) in [6.07, 6.45) is -2.80. The summed E-state index contributed by atoms with van der Waals surface area (Å²) in [4.78, 5) is 2.04. The molecule has 1 unspecified atom stereocenters. The number of fused-ring (bicyclic) bond motifs is 3. The summed E-state index contributed by atoms with van der Waals surface area (Å²) < 4.78 is 49.1. The molecule has 2 aromatic heterocycles. The van der Waals surface area contributed by atoms with Crippen molar-refractivity contribution in [3.8, 4) is 22.9 Å². The zero-order valence-corrected chi connectivity index (χ0v) is 17.9. The molecule has 1 aliphatic rings. The number of aromatic nitrogens is 4. The maximum Gasteiger partial charge on any atom is 0.573 e. The molecule has 1 atom stereocenters. The second kappa shape index (κ2) is 8.07. The minimum atomic E-state index is -4.79. The predicted molar refractivity (Wildman–Crippen MR) is 110 cm³/mol. The minimum absolute atomic E-state index is 0.148. The molecule has 0 spiro atoms. The number of anilines is 1. The summed E-state index contributed by atoms with van der Waals surface area (Å²) in [7, 11) is 1.94. The van der Waals surface area contributed by atoms with E-state index in [0.29, 0.717) is 35.2 Å². The molecule has 3 aromatic rings. The first-order valence-corrected chi connectivity index (χ1v) is 10.2. The van der Waals surface area contributed by atoms with E-state index >= 15 is 0 Å². The van der Waals surface area contributed by atoms with Crippen LogP contribution >= 0.6 is 11.6 Å². The molecule has 0 amide bonds. The van der Waals surface area contributed by atoms with Gasteiger partial charge in [0.2, 0.25) is 5.65 Å². The van der Waals surface area contributed by atoms with Crippen molar-refractivity contribution in [1.29, 1.82) is 0 Å². The number of benzene rings is 1. The predicted octanol–water partition coefficient (Wildman–Crippen LogP) is 4.98. The van der Waals surface area contributed by atoms with Crippen LogP contribution in [-0.4, -0.2) is 45.9 Å². The Morgan fingerprint density at radius 3 is 2.77 bits per heavy atom. The van der Waals surface area contributed by atoms with Gasteiger partial charge in [-0.05, 0) is 30.9 Å². The van der Waals surface area contributed by atoms with Crippen LogP contribution in [0.25, 0.3) is 17.0 Å². The van der Waals surface area contributed by atoms with Gasteiger partial charge in [0.05, 0.1) is 6.04 Å². The molecule has 31 heavy (non-hydrogen) atoms. The Hall–Kier alpha value is -2.75. The fourth-order valence-corrected chi connectivity index (χ4v) is 3.87. The van der Waals surface area contributed by atoms with Crippen LogP contribution in [-0.2, 0) is 0 Å². The average molecular weight is 456 g/mol. The van der Waals surface area contributed by atoms with Crippen LogP contribution in [0.3, 0.4) is 0 Å². The van der Waals surface area contributed by atoms with Crippen molar-refractivity contribution in [1.82, 2.24) is 19.8 Å². The van der Waals surface area contributed by atoms with Crippen molar-refractivity contribution >= 4 is 22.9 Å². The number of alkyl halides is 3. The average Bonchev–Trinajstić information content (AvgIpc) is 3.09. The Morgan fingerprint density at radius 1 is 1.29 bits per heavy atom. The number of nitrogens with zero attached hydrogens (tertiary/aromatic N) is 5. The highest BCUT2D eigenvalue weighted by Crippen LogP contribution is 2.42. The van der Waals surface area contributed by atoms with Crippen LogP contribution in [0.5, 0.6) is 11.5 Å². The van der Waals surface area contributed by atoms with Crippen LogP contribution in [0.15, 0.2) is 24.3 Å². The van der Waals surface area contributed by atoms with Crippen molar-refractivity contribution in [3.63, 3.8) is 0 Å². The number of hydrogen-bond acceptors (Lipinski definition) is 6. The monoisotopic (exact) mass is 455 g/mol. The molecule has 0 saturated carbocycles. The molecule has 1 aliphatic heterocycles. The van der Waals surface area contributed by atoms with Gasteiger partial charge in [-0.2, -0.15) is 4.52 Å². The Balaban J connectivity index is 1.72. The summed E-state index contributed by atoms with van der Waals surface area (Å²) in [5, 5.41) is 12.9. The van der Waals surface area contributed by atoms with E-state index in [2.05, 4.69) is 33.9 Å². The van der Waals surface area contributed by atoms with E-state index in [1.807, 2.05) is 11.9 Å². The number of rotatable bonds is 5. The van der Waals surface area contributed by atoms with Gasteiger partial charge in [-0.3, -0.25) is 0 Å². The summed E-state index contributed by atoms with van der Waals surface area (Å²) in [6.45, 7) is 4.80. The zero-order valence-electron chi connectivity index (χ0n) is 17.1. The van der Waals surface area contributed by atoms with Crippen molar-refractivity contribution in [2.24, 2.45) is 5.92 Å². The molecule has 0 radical (unpaired) electrons. The third kappa shape index (κ3) is 4.34. The van der Waals surface area contributed by atoms with Gasteiger partial charge in [0.15, 0.2) is 16.7 Å². The van der Waals surface area contributed by atoms with E-state index in [4.69, 9.17) is 16.3 Å². The van der Waals surface area contributed by atoms with E-state index < -0.39 is 6.36 Å². The lowest BCUT2D eigenvalue weighted by atomic mass is 10.0. The Morgan fingerprint density at radius 2 is 2.06 bits per heavy atom. The van der Waals surface area contributed by atoms with Crippen molar-refractivity contribution in [3.05, 3.63) is 29.4 Å². The lowest BCUT2D eigenvalue weighted by Crippen LogP contribution is -2.41. The molecule has 1 aromatic carbocycles. The van der Waals surface area contributed by atoms with Crippen molar-refractivity contribution in [2.45, 2.75) is 39.1 Å². The maximum atomic E-state index is 12.6. The summed E-state index contributed by atoms with van der Waals surface area (Å²) in [5.74, 6) is 0.877. The fraction of sp³-hybridized carbons (Fsp3) is 0.450. The standard InChI is InChI=1S/C20H21ClF3N5O2/c1-11(2)7-8-13-10-30-16-15(28(13)3)17(21)27-29-18(25-26-19(16)29)12-5-4-6-14(9-12)31-20(22,23)24/h4-6,9,11,13H,7-8,10H2,1-3H3. The first-order chi connectivity index (χ1) is 14.6. The van der Waals surface area contributed by atoms with Gasteiger partial charge in [-0.1, -0.05) is 37.6 Å². The lowest BCUT2D eigenvalue weighted by molar-refractivity contribution is -0.274. The van der Waals surface area contributed by atoms with Gasteiger partial charge in [-0.15, -0.1) is 28.5 Å². The van der Waals surface area contributed by atoms with Crippen LogP contribution in [0, 0.1) is 5.92 Å². The van der Waals surface area contributed by atoms with Crippen LogP contribution < -0.4 is 14.4 Å². The molecular formula is C20H21ClF3N5O2. The quantitative estimate of drug-likeness (QED) is 0.541. The number of likely N-dealkylation sites (N-methyl/N-ethyl adjacent to an activating group) is 1. The van der Waals surface area contributed by atoms with Gasteiger partial charge in [0, 0.05) is 12.6 Å². The molecule has 11 heteroatoms. The number of hydrogen-bond donors (Lipinski definition) is 0. The Bertz CT molecular complexity index is 1100. The SMILES string of the molecule is CC(C)CCC1COc2c(c(Cl)nn3c(-c4cccc(OC(F)(F)F)c4)nnc23)N1C. The van der Waals surface area contributed by atoms with E-state index in [-0.39, 0.29) is 22.8 Å². The molecule has 3 heterocycles. The van der Waals surface area contributed by atoms with Gasteiger partial charge >= 0.3 is 6.36 Å². The van der Waals surface area contributed by atoms with E-state index in [0.717, 1.165) is 12.8 Å². The van der Waals surface area contributed by atoms with Gasteiger partial charge in [0.25, 0.3) is 0 Å². The molecule has 0 fully saturated rings. The van der Waals surface area contributed by atoms with Gasteiger partial charge in [0.1, 0.15) is 18.0 Å². The largest absolute Gasteiger partial charge is 0.573 e. The lowest BCUT2D eigenvalue weighted by Gasteiger charge is -2.36. The van der Waals surface area contributed by atoms with Crippen molar-refractivity contribution < 1.29 is 22.6 Å². The highest BCUT2D eigenvalue weighted by Gasteiger charge is 2.33. The van der Waals surface area contributed by atoms with Gasteiger partial charge in [-0.25, -0.2) is 0 Å². The normalized spacial score (nSPS) is 16.5. The third-order valence-corrected chi connectivity index (χ3v) is 5.42. The molecule has 0 N–H and O–H groups in total. The second-order valence-electron chi connectivity index (χ2n) is 7.85. The second-order valence-corrected chi connectivity index (χ2v) is 8.21. The smallest absolute Gasteiger partial charge is 0.485 e. The highest BCUT2D eigenvalue weighted by atomic mass is 35.5. The zero-order chi connectivity index (χ0) is 22.3. The molecular weight excluding hydrogens is 435 g/mol. The van der Waals surface area contributed by atoms with Crippen LogP contribution in [0.2, 0.25) is 5.15 Å². The minimum Gasteiger partial charge on any atom is -0.485 e. The summed E-state index contributed by atoms with van der Waals surface area (Å²) >= 11 is 6.50. The molecule has 0 bridgehead atoms.